The number of anilines is 2. The molecule has 0 saturated heterocycles. The van der Waals surface area contributed by atoms with Gasteiger partial charge in [0.15, 0.2) is 5.58 Å². The van der Waals surface area contributed by atoms with Crippen molar-refractivity contribution in [2.24, 2.45) is 0 Å². The highest BCUT2D eigenvalue weighted by Gasteiger charge is 2.06. The van der Waals surface area contributed by atoms with E-state index in [0.29, 0.717) is 6.01 Å². The molecule has 0 spiro atoms. The van der Waals surface area contributed by atoms with Gasteiger partial charge in [0.1, 0.15) is 5.52 Å². The van der Waals surface area contributed by atoms with Gasteiger partial charge >= 0.3 is 0 Å². The highest BCUT2D eigenvalue weighted by molar-refractivity contribution is 7.09. The van der Waals surface area contributed by atoms with E-state index in [0.717, 1.165) is 33.1 Å². The first-order valence-electron chi connectivity index (χ1n) is 6.93. The highest BCUT2D eigenvalue weighted by Crippen LogP contribution is 2.25. The number of hydrogen-bond acceptors (Lipinski definition) is 5. The zero-order valence-electron chi connectivity index (χ0n) is 11.9. The van der Waals surface area contributed by atoms with Crippen LogP contribution in [0.2, 0.25) is 0 Å². The predicted octanol–water partition coefficient (Wildman–Crippen LogP) is 5.00. The molecule has 4 rings (SSSR count). The van der Waals surface area contributed by atoms with Crippen LogP contribution in [0.4, 0.5) is 11.7 Å². The molecule has 0 aliphatic rings. The standard InChI is InChI=1S/C17H13N3OS/c1-11-18-15(10-22-11)12-6-8-13(9-7-12)19-17-20-14-4-2-3-5-16(14)21-17/h2-10H,1H3,(H,19,20). The molecule has 2 aromatic carbocycles. The molecule has 1 N–H and O–H groups in total. The molecule has 2 heterocycles. The lowest BCUT2D eigenvalue weighted by Gasteiger charge is -2.02. The zero-order chi connectivity index (χ0) is 14.9. The number of nitrogens with zero attached hydrogens (tertiary/aromatic N) is 2. The van der Waals surface area contributed by atoms with Crippen LogP contribution in [0, 0.1) is 6.92 Å². The molecule has 108 valence electrons. The molecule has 2 aromatic heterocycles. The zero-order valence-corrected chi connectivity index (χ0v) is 12.7. The minimum absolute atomic E-state index is 0.499. The Morgan fingerprint density at radius 2 is 1.82 bits per heavy atom. The lowest BCUT2D eigenvalue weighted by molar-refractivity contribution is 0.623. The number of oxazole rings is 1. The summed E-state index contributed by atoms with van der Waals surface area (Å²) in [5, 5.41) is 6.32. The maximum atomic E-state index is 5.66. The number of benzene rings is 2. The number of fused-ring (bicyclic) bond motifs is 1. The molecule has 0 atom stereocenters. The molecule has 4 aromatic rings. The summed E-state index contributed by atoms with van der Waals surface area (Å²) in [6.07, 6.45) is 0. The average molecular weight is 307 g/mol. The van der Waals surface area contributed by atoms with E-state index in [1.807, 2.05) is 55.5 Å². The van der Waals surface area contributed by atoms with Crippen molar-refractivity contribution in [1.82, 2.24) is 9.97 Å². The summed E-state index contributed by atoms with van der Waals surface area (Å²) in [5.41, 5.74) is 4.67. The molecule has 22 heavy (non-hydrogen) atoms. The van der Waals surface area contributed by atoms with Crippen LogP contribution < -0.4 is 5.32 Å². The summed E-state index contributed by atoms with van der Waals surface area (Å²) in [6, 6.07) is 16.3. The van der Waals surface area contributed by atoms with Gasteiger partial charge in [0.05, 0.1) is 10.7 Å². The fraction of sp³-hybridized carbons (Fsp3) is 0.0588. The van der Waals surface area contributed by atoms with Gasteiger partial charge in [-0.25, -0.2) is 4.98 Å². The van der Waals surface area contributed by atoms with Crippen LogP contribution in [0.25, 0.3) is 22.4 Å². The van der Waals surface area contributed by atoms with Gasteiger partial charge in [0, 0.05) is 16.6 Å². The first kappa shape index (κ1) is 13.0. The van der Waals surface area contributed by atoms with E-state index in [9.17, 15) is 0 Å². The van der Waals surface area contributed by atoms with E-state index >= 15 is 0 Å². The smallest absolute Gasteiger partial charge is 0.300 e. The number of hydrogen-bond donors (Lipinski definition) is 1. The SMILES string of the molecule is Cc1nc(-c2ccc(Nc3nc4ccccc4o3)cc2)cs1. The van der Waals surface area contributed by atoms with E-state index in [4.69, 9.17) is 4.42 Å². The Labute approximate surface area is 131 Å². The van der Waals surface area contributed by atoms with Crippen molar-refractivity contribution < 1.29 is 4.42 Å². The average Bonchev–Trinajstić information content (AvgIpc) is 3.13. The molecule has 4 nitrogen and oxygen atoms in total. The molecule has 0 aliphatic heterocycles. The van der Waals surface area contributed by atoms with Gasteiger partial charge in [-0.1, -0.05) is 24.3 Å². The first-order chi connectivity index (χ1) is 10.8. The van der Waals surface area contributed by atoms with Crippen molar-refractivity contribution in [3.63, 3.8) is 0 Å². The van der Waals surface area contributed by atoms with Gasteiger partial charge in [-0.15, -0.1) is 11.3 Å². The van der Waals surface area contributed by atoms with Gasteiger partial charge in [-0.3, -0.25) is 0 Å². The van der Waals surface area contributed by atoms with Crippen molar-refractivity contribution in [3.05, 3.63) is 58.9 Å². The molecular weight excluding hydrogens is 294 g/mol. The van der Waals surface area contributed by atoms with Crippen LogP contribution >= 0.6 is 11.3 Å². The molecule has 0 unspecified atom stereocenters. The minimum Gasteiger partial charge on any atom is -0.423 e. The normalized spacial score (nSPS) is 11.0. The molecule has 5 heteroatoms. The van der Waals surface area contributed by atoms with Crippen molar-refractivity contribution >= 4 is 34.1 Å². The summed E-state index contributed by atoms with van der Waals surface area (Å²) in [4.78, 5) is 8.89. The van der Waals surface area contributed by atoms with Gasteiger partial charge in [-0.05, 0) is 31.2 Å². The summed E-state index contributed by atoms with van der Waals surface area (Å²) >= 11 is 1.66. The third-order valence-electron chi connectivity index (χ3n) is 3.34. The summed E-state index contributed by atoms with van der Waals surface area (Å²) in [6.45, 7) is 2.01. The van der Waals surface area contributed by atoms with Gasteiger partial charge < -0.3 is 9.73 Å². The van der Waals surface area contributed by atoms with Crippen molar-refractivity contribution in [3.8, 4) is 11.3 Å². The second kappa shape index (κ2) is 5.27. The number of para-hydroxylation sites is 2. The fourth-order valence-electron chi connectivity index (χ4n) is 2.27. The number of aryl methyl sites for hydroxylation is 1. The fourth-order valence-corrected chi connectivity index (χ4v) is 2.89. The van der Waals surface area contributed by atoms with Crippen LogP contribution in [0.5, 0.6) is 0 Å². The maximum Gasteiger partial charge on any atom is 0.300 e. The van der Waals surface area contributed by atoms with Crippen LogP contribution in [0.3, 0.4) is 0 Å². The third kappa shape index (κ3) is 2.46. The predicted molar refractivity (Wildman–Crippen MR) is 89.6 cm³/mol. The highest BCUT2D eigenvalue weighted by atomic mass is 32.1. The van der Waals surface area contributed by atoms with E-state index < -0.39 is 0 Å². The van der Waals surface area contributed by atoms with E-state index in [1.165, 1.54) is 0 Å². The molecular formula is C17H13N3OS. The Hall–Kier alpha value is -2.66. The second-order valence-corrected chi connectivity index (χ2v) is 6.00. The van der Waals surface area contributed by atoms with Crippen molar-refractivity contribution in [2.45, 2.75) is 6.92 Å². The molecule has 0 radical (unpaired) electrons. The number of thiazole rings is 1. The van der Waals surface area contributed by atoms with Gasteiger partial charge in [0.25, 0.3) is 6.01 Å². The molecule has 0 amide bonds. The Kier molecular flexibility index (Phi) is 3.12. The van der Waals surface area contributed by atoms with Crippen molar-refractivity contribution in [1.29, 1.82) is 0 Å². The molecule has 0 aliphatic carbocycles. The maximum absolute atomic E-state index is 5.66. The quantitative estimate of drug-likeness (QED) is 0.578. The van der Waals surface area contributed by atoms with Crippen LogP contribution in [0.15, 0.2) is 58.3 Å². The topological polar surface area (TPSA) is 51.0 Å². The summed E-state index contributed by atoms with van der Waals surface area (Å²) in [7, 11) is 0. The van der Waals surface area contributed by atoms with Crippen molar-refractivity contribution in [2.75, 3.05) is 5.32 Å². The Morgan fingerprint density at radius 3 is 2.55 bits per heavy atom. The third-order valence-corrected chi connectivity index (χ3v) is 4.12. The lowest BCUT2D eigenvalue weighted by atomic mass is 10.1. The van der Waals surface area contributed by atoms with Crippen LogP contribution in [-0.4, -0.2) is 9.97 Å². The Balaban J connectivity index is 1.58. The number of aromatic nitrogens is 2. The lowest BCUT2D eigenvalue weighted by Crippen LogP contribution is -1.89. The number of nitrogens with one attached hydrogen (secondary N) is 1. The van der Waals surface area contributed by atoms with Gasteiger partial charge in [-0.2, -0.15) is 4.98 Å². The van der Waals surface area contributed by atoms with E-state index in [-0.39, 0.29) is 0 Å². The van der Waals surface area contributed by atoms with E-state index in [2.05, 4.69) is 20.7 Å². The first-order valence-corrected chi connectivity index (χ1v) is 7.81. The Bertz CT molecular complexity index is 891. The minimum atomic E-state index is 0.499. The van der Waals surface area contributed by atoms with Crippen LogP contribution in [-0.2, 0) is 0 Å². The molecule has 0 bridgehead atoms. The summed E-state index contributed by atoms with van der Waals surface area (Å²) < 4.78 is 5.66. The molecule has 0 saturated carbocycles. The largest absolute Gasteiger partial charge is 0.423 e. The van der Waals surface area contributed by atoms with E-state index in [1.54, 1.807) is 11.3 Å². The second-order valence-electron chi connectivity index (χ2n) is 4.94. The number of rotatable bonds is 3. The van der Waals surface area contributed by atoms with Crippen LogP contribution in [0.1, 0.15) is 5.01 Å². The summed E-state index contributed by atoms with van der Waals surface area (Å²) in [5.74, 6) is 0. The molecule has 0 fully saturated rings. The van der Waals surface area contributed by atoms with Gasteiger partial charge in [0.2, 0.25) is 0 Å². The Morgan fingerprint density at radius 1 is 1.00 bits per heavy atom. The monoisotopic (exact) mass is 307 g/mol.